The van der Waals surface area contributed by atoms with Gasteiger partial charge in [0.25, 0.3) is 0 Å². The molecule has 0 fully saturated rings. The van der Waals surface area contributed by atoms with E-state index in [9.17, 15) is 13.0 Å². The summed E-state index contributed by atoms with van der Waals surface area (Å²) >= 11 is 0. The molecule has 0 spiro atoms. The predicted octanol–water partition coefficient (Wildman–Crippen LogP) is 0.934. The van der Waals surface area contributed by atoms with Gasteiger partial charge in [0.2, 0.25) is 0 Å². The maximum atomic E-state index is 11.5. The molecule has 0 unspecified atom stereocenters. The normalized spacial score (nSPS) is 11.4. The molecule has 0 aromatic heterocycles. The third-order valence-corrected chi connectivity index (χ3v) is 4.42. The van der Waals surface area contributed by atoms with Crippen molar-refractivity contribution >= 4 is 37.2 Å². The van der Waals surface area contributed by atoms with Crippen molar-refractivity contribution in [1.29, 1.82) is 0 Å². The first-order chi connectivity index (χ1) is 9.88. The minimum atomic E-state index is -4.53. The Balaban J connectivity index is 0.00000176. The standard InChI is InChI=1S/C17H14O3S.Li/c1-11(2)17-15-10-13-6-4-3-5-12(13)9-14(15)7-8-16(17)21(18,19)20;/h3-10H,1H2,2H3,(H,18,19,20);/q;+1/p-1. The Labute approximate surface area is 141 Å². The zero-order chi connectivity index (χ0) is 15.2. The molecule has 3 aromatic carbocycles. The number of benzene rings is 3. The van der Waals surface area contributed by atoms with E-state index in [1.165, 1.54) is 6.07 Å². The first-order valence-corrected chi connectivity index (χ1v) is 7.86. The van der Waals surface area contributed by atoms with E-state index in [-0.39, 0.29) is 23.8 Å². The van der Waals surface area contributed by atoms with E-state index in [2.05, 4.69) is 6.58 Å². The Morgan fingerprint density at radius 2 is 1.59 bits per heavy atom. The second-order valence-corrected chi connectivity index (χ2v) is 6.44. The topological polar surface area (TPSA) is 57.2 Å². The van der Waals surface area contributed by atoms with Gasteiger partial charge in [-0.3, -0.25) is 0 Å². The van der Waals surface area contributed by atoms with Crippen LogP contribution >= 0.6 is 0 Å². The summed E-state index contributed by atoms with van der Waals surface area (Å²) in [6.45, 7) is 5.53. The smallest absolute Gasteiger partial charge is 0.744 e. The van der Waals surface area contributed by atoms with Crippen LogP contribution in [0.1, 0.15) is 12.5 Å². The first-order valence-electron chi connectivity index (χ1n) is 6.45. The molecule has 3 aromatic rings. The SMILES string of the molecule is C=C(C)c1c(S(=O)(=O)[O-])ccc2cc3ccccc3cc12.[Li+]. The minimum Gasteiger partial charge on any atom is -0.744 e. The van der Waals surface area contributed by atoms with E-state index in [0.29, 0.717) is 11.1 Å². The Morgan fingerprint density at radius 3 is 2.14 bits per heavy atom. The van der Waals surface area contributed by atoms with Crippen LogP contribution in [0.2, 0.25) is 0 Å². The van der Waals surface area contributed by atoms with Gasteiger partial charge in [-0.1, -0.05) is 36.9 Å². The van der Waals surface area contributed by atoms with Crippen LogP contribution in [0.15, 0.2) is 60.0 Å². The van der Waals surface area contributed by atoms with Crippen molar-refractivity contribution in [3.63, 3.8) is 0 Å². The molecule has 0 aliphatic carbocycles. The van der Waals surface area contributed by atoms with Crippen LogP contribution in [-0.4, -0.2) is 13.0 Å². The van der Waals surface area contributed by atoms with E-state index < -0.39 is 10.1 Å². The number of allylic oxidation sites excluding steroid dienone is 1. The molecule has 0 saturated heterocycles. The second kappa shape index (κ2) is 5.90. The average molecular weight is 304 g/mol. The number of hydrogen-bond acceptors (Lipinski definition) is 3. The van der Waals surface area contributed by atoms with Crippen molar-refractivity contribution < 1.29 is 31.8 Å². The third kappa shape index (κ3) is 2.84. The molecule has 0 atom stereocenters. The monoisotopic (exact) mass is 304 g/mol. The molecule has 0 heterocycles. The number of fused-ring (bicyclic) bond motifs is 2. The van der Waals surface area contributed by atoms with E-state index in [1.807, 2.05) is 36.4 Å². The fourth-order valence-corrected chi connectivity index (χ4v) is 3.41. The van der Waals surface area contributed by atoms with Gasteiger partial charge in [0.15, 0.2) is 0 Å². The van der Waals surface area contributed by atoms with Crippen molar-refractivity contribution in [3.8, 4) is 0 Å². The minimum absolute atomic E-state index is 0. The summed E-state index contributed by atoms with van der Waals surface area (Å²) in [5, 5.41) is 3.68. The molecule has 22 heavy (non-hydrogen) atoms. The third-order valence-electron chi connectivity index (χ3n) is 3.54. The van der Waals surface area contributed by atoms with Gasteiger partial charge in [0, 0.05) is 5.56 Å². The maximum Gasteiger partial charge on any atom is 1.00 e. The summed E-state index contributed by atoms with van der Waals surface area (Å²) in [6.07, 6.45) is 0. The van der Waals surface area contributed by atoms with Gasteiger partial charge in [-0.2, -0.15) is 0 Å². The van der Waals surface area contributed by atoms with Crippen LogP contribution in [0, 0.1) is 0 Å². The van der Waals surface area contributed by atoms with Crippen LogP contribution in [0.25, 0.3) is 27.1 Å². The van der Waals surface area contributed by atoms with Crippen LogP contribution in [0.3, 0.4) is 0 Å². The fraction of sp³-hybridized carbons (Fsp3) is 0.0588. The molecular weight excluding hydrogens is 291 g/mol. The summed E-state index contributed by atoms with van der Waals surface area (Å²) in [5.41, 5.74) is 0.971. The van der Waals surface area contributed by atoms with E-state index >= 15 is 0 Å². The Morgan fingerprint density at radius 1 is 1.00 bits per heavy atom. The van der Waals surface area contributed by atoms with Crippen LogP contribution in [0.5, 0.6) is 0 Å². The van der Waals surface area contributed by atoms with Gasteiger partial charge in [-0.25, -0.2) is 8.42 Å². The van der Waals surface area contributed by atoms with E-state index in [1.54, 1.807) is 13.0 Å². The van der Waals surface area contributed by atoms with Crippen LogP contribution < -0.4 is 18.9 Å². The van der Waals surface area contributed by atoms with Gasteiger partial charge in [0.1, 0.15) is 10.1 Å². The molecule has 5 heteroatoms. The summed E-state index contributed by atoms with van der Waals surface area (Å²) in [6, 6.07) is 14.7. The van der Waals surface area contributed by atoms with Crippen molar-refractivity contribution in [3.05, 3.63) is 60.7 Å². The zero-order valence-corrected chi connectivity index (χ0v) is 13.3. The molecule has 0 aliphatic rings. The number of rotatable bonds is 2. The molecule has 0 radical (unpaired) electrons. The van der Waals surface area contributed by atoms with Crippen molar-refractivity contribution in [2.75, 3.05) is 0 Å². The maximum absolute atomic E-state index is 11.5. The van der Waals surface area contributed by atoms with Crippen LogP contribution in [0.4, 0.5) is 0 Å². The molecule has 3 rings (SSSR count). The largest absolute Gasteiger partial charge is 1.00 e. The molecule has 0 N–H and O–H groups in total. The Hall–Kier alpha value is -1.57. The summed E-state index contributed by atoms with van der Waals surface area (Å²) in [5.74, 6) is 0. The first kappa shape index (κ1) is 16.8. The fourth-order valence-electron chi connectivity index (χ4n) is 2.64. The second-order valence-electron chi connectivity index (χ2n) is 5.09. The zero-order valence-electron chi connectivity index (χ0n) is 12.5. The van der Waals surface area contributed by atoms with Crippen molar-refractivity contribution in [1.82, 2.24) is 0 Å². The molecular formula is C17H13LiO3S. The molecule has 0 saturated carbocycles. The van der Waals surface area contributed by atoms with E-state index in [0.717, 1.165) is 21.5 Å². The molecule has 0 bridgehead atoms. The van der Waals surface area contributed by atoms with Crippen molar-refractivity contribution in [2.24, 2.45) is 0 Å². The quantitative estimate of drug-likeness (QED) is 0.402. The number of hydrogen-bond donors (Lipinski definition) is 0. The van der Waals surface area contributed by atoms with E-state index in [4.69, 9.17) is 0 Å². The summed E-state index contributed by atoms with van der Waals surface area (Å²) < 4.78 is 34.4. The summed E-state index contributed by atoms with van der Waals surface area (Å²) in [7, 11) is -4.53. The van der Waals surface area contributed by atoms with Crippen LogP contribution in [-0.2, 0) is 10.1 Å². The van der Waals surface area contributed by atoms with Gasteiger partial charge >= 0.3 is 18.9 Å². The van der Waals surface area contributed by atoms with Gasteiger partial charge in [0.05, 0.1) is 4.90 Å². The van der Waals surface area contributed by atoms with Gasteiger partial charge < -0.3 is 4.55 Å². The molecule has 3 nitrogen and oxygen atoms in total. The van der Waals surface area contributed by atoms with Crippen molar-refractivity contribution in [2.45, 2.75) is 11.8 Å². The Bertz CT molecular complexity index is 991. The molecule has 0 amide bonds. The predicted molar refractivity (Wildman–Crippen MR) is 84.1 cm³/mol. The average Bonchev–Trinajstić information content (AvgIpc) is 2.42. The summed E-state index contributed by atoms with van der Waals surface area (Å²) in [4.78, 5) is -0.210. The van der Waals surface area contributed by atoms with Gasteiger partial charge in [-0.05, 0) is 52.2 Å². The van der Waals surface area contributed by atoms with Gasteiger partial charge in [-0.15, -0.1) is 0 Å². The molecule has 0 aliphatic heterocycles. The Kier molecular flexibility index (Phi) is 4.51. The molecule has 106 valence electrons.